The minimum Gasteiger partial charge on any atom is -0.505 e. The Hall–Kier alpha value is -4.59. The number of amides is 1. The minimum atomic E-state index is -0.828. The van der Waals surface area contributed by atoms with E-state index in [0.29, 0.717) is 66.2 Å². The summed E-state index contributed by atoms with van der Waals surface area (Å²) in [6, 6.07) is 20.0. The van der Waals surface area contributed by atoms with Crippen molar-refractivity contribution in [1.29, 1.82) is 0 Å². The van der Waals surface area contributed by atoms with E-state index >= 15 is 0 Å². The third kappa shape index (κ3) is 5.75. The summed E-state index contributed by atoms with van der Waals surface area (Å²) in [5, 5.41) is 11.8. The van der Waals surface area contributed by atoms with Crippen molar-refractivity contribution in [3.63, 3.8) is 0 Å². The number of Topliss-reactive ketones (excluding diaryl/α,β-unsaturated/α-hetero) is 1. The maximum absolute atomic E-state index is 13.7. The molecule has 0 saturated carbocycles. The number of imidazole rings is 1. The molecular weight excluding hydrogens is 530 g/mol. The molecule has 1 atom stereocenters. The topological polar surface area (TPSA) is 93.4 Å². The summed E-state index contributed by atoms with van der Waals surface area (Å²) >= 11 is 0. The fourth-order valence-corrected chi connectivity index (χ4v) is 5.36. The van der Waals surface area contributed by atoms with E-state index in [1.165, 1.54) is 0 Å². The number of aliphatic hydroxyl groups excluding tert-OH is 1. The molecule has 3 heterocycles. The van der Waals surface area contributed by atoms with Crippen LogP contribution in [-0.4, -0.2) is 50.8 Å². The van der Waals surface area contributed by atoms with Gasteiger partial charge in [0.1, 0.15) is 11.3 Å². The van der Waals surface area contributed by atoms with E-state index in [9.17, 15) is 14.7 Å². The molecule has 1 N–H and O–H groups in total. The number of ether oxygens (including phenoxy) is 2. The van der Waals surface area contributed by atoms with E-state index in [-0.39, 0.29) is 11.3 Å². The molecule has 2 aromatic heterocycles. The van der Waals surface area contributed by atoms with Crippen LogP contribution in [0.2, 0.25) is 0 Å². The van der Waals surface area contributed by atoms with Gasteiger partial charge in [0.25, 0.3) is 11.7 Å². The number of hydrogen-bond donors (Lipinski definition) is 1. The molecule has 42 heavy (non-hydrogen) atoms. The van der Waals surface area contributed by atoms with Crippen molar-refractivity contribution in [3.8, 4) is 11.5 Å². The summed E-state index contributed by atoms with van der Waals surface area (Å²) in [7, 11) is 0. The lowest BCUT2D eigenvalue weighted by Gasteiger charge is -2.26. The molecule has 1 amide bonds. The zero-order valence-corrected chi connectivity index (χ0v) is 24.5. The summed E-state index contributed by atoms with van der Waals surface area (Å²) in [4.78, 5) is 33.4. The second-order valence-corrected chi connectivity index (χ2v) is 10.9. The highest BCUT2D eigenvalue weighted by Crippen LogP contribution is 2.42. The number of rotatable bonds is 11. The van der Waals surface area contributed by atoms with E-state index in [4.69, 9.17) is 9.47 Å². The molecule has 0 aliphatic carbocycles. The van der Waals surface area contributed by atoms with Crippen molar-refractivity contribution in [2.45, 2.75) is 46.6 Å². The van der Waals surface area contributed by atoms with Gasteiger partial charge in [-0.3, -0.25) is 14.0 Å². The summed E-state index contributed by atoms with van der Waals surface area (Å²) in [6.45, 7) is 9.20. The number of pyridine rings is 1. The van der Waals surface area contributed by atoms with Crippen LogP contribution >= 0.6 is 0 Å². The number of likely N-dealkylation sites (tertiary alicyclic amines) is 1. The third-order valence-corrected chi connectivity index (χ3v) is 7.49. The summed E-state index contributed by atoms with van der Waals surface area (Å²) in [5.41, 5.74) is 3.28. The smallest absolute Gasteiger partial charge is 0.295 e. The number of aromatic nitrogens is 2. The standard InChI is InChI=1S/C34H37N3O5/c1-5-41-27-21-25(14-15-26(27)42-20-17-22(2)3)31-29(32(38)30-23(4)35-28-13-9-10-18-36(28)30)33(39)34(40)37(31)19-16-24-11-7-6-8-12-24/h6-15,18,21-22,31,38H,5,16-17,19-20H2,1-4H3. The second-order valence-electron chi connectivity index (χ2n) is 10.9. The largest absolute Gasteiger partial charge is 0.505 e. The van der Waals surface area contributed by atoms with Crippen LogP contribution in [0.1, 0.15) is 55.7 Å². The number of aliphatic hydroxyl groups is 1. The molecule has 5 rings (SSSR count). The quantitative estimate of drug-likeness (QED) is 0.133. The average molecular weight is 568 g/mol. The zero-order chi connectivity index (χ0) is 29.8. The third-order valence-electron chi connectivity index (χ3n) is 7.49. The van der Waals surface area contributed by atoms with Crippen LogP contribution in [0.15, 0.2) is 78.5 Å². The predicted molar refractivity (Wildman–Crippen MR) is 162 cm³/mol. The van der Waals surface area contributed by atoms with E-state index < -0.39 is 17.7 Å². The Morgan fingerprint density at radius 2 is 1.76 bits per heavy atom. The first-order chi connectivity index (χ1) is 20.3. The Labute approximate surface area is 246 Å². The number of fused-ring (bicyclic) bond motifs is 1. The molecule has 1 aliphatic rings. The van der Waals surface area contributed by atoms with Gasteiger partial charge < -0.3 is 19.5 Å². The first-order valence-electron chi connectivity index (χ1n) is 14.5. The number of aryl methyl sites for hydroxylation is 1. The Morgan fingerprint density at radius 3 is 2.50 bits per heavy atom. The molecule has 4 aromatic rings. The van der Waals surface area contributed by atoms with Gasteiger partial charge >= 0.3 is 0 Å². The van der Waals surface area contributed by atoms with Crippen LogP contribution in [-0.2, 0) is 16.0 Å². The van der Waals surface area contributed by atoms with Gasteiger partial charge in [-0.1, -0.05) is 56.3 Å². The van der Waals surface area contributed by atoms with Gasteiger partial charge in [0.15, 0.2) is 17.3 Å². The number of nitrogens with zero attached hydrogens (tertiary/aromatic N) is 3. The van der Waals surface area contributed by atoms with Crippen molar-refractivity contribution in [2.24, 2.45) is 5.92 Å². The summed E-state index contributed by atoms with van der Waals surface area (Å²) in [5.74, 6) is -0.0250. The average Bonchev–Trinajstić information content (AvgIpc) is 3.45. The fourth-order valence-electron chi connectivity index (χ4n) is 5.36. The molecular formula is C34H37N3O5. The second kappa shape index (κ2) is 12.5. The summed E-state index contributed by atoms with van der Waals surface area (Å²) < 4.78 is 13.7. The van der Waals surface area contributed by atoms with Gasteiger partial charge in [-0.2, -0.15) is 0 Å². The first kappa shape index (κ1) is 28.9. The monoisotopic (exact) mass is 567 g/mol. The first-order valence-corrected chi connectivity index (χ1v) is 14.5. The van der Waals surface area contributed by atoms with Gasteiger partial charge in [-0.15, -0.1) is 0 Å². The van der Waals surface area contributed by atoms with Crippen LogP contribution < -0.4 is 9.47 Å². The number of benzene rings is 2. The molecule has 1 aliphatic heterocycles. The molecule has 0 radical (unpaired) electrons. The van der Waals surface area contributed by atoms with Crippen LogP contribution in [0, 0.1) is 12.8 Å². The van der Waals surface area contributed by atoms with Gasteiger partial charge in [-0.05, 0) is 68.0 Å². The van der Waals surface area contributed by atoms with Crippen molar-refractivity contribution in [2.75, 3.05) is 19.8 Å². The molecule has 8 nitrogen and oxygen atoms in total. The number of hydrogen-bond acceptors (Lipinski definition) is 6. The number of carbonyl (C=O) groups is 2. The van der Waals surface area contributed by atoms with E-state index in [2.05, 4.69) is 18.8 Å². The Kier molecular flexibility index (Phi) is 8.61. The van der Waals surface area contributed by atoms with Crippen LogP contribution in [0.25, 0.3) is 11.4 Å². The zero-order valence-electron chi connectivity index (χ0n) is 24.5. The number of carbonyl (C=O) groups excluding carboxylic acids is 2. The SMILES string of the molecule is CCOc1cc(C2C(=C(O)c3c(C)nc4ccccn34)C(=O)C(=O)N2CCc2ccccc2)ccc1OCCC(C)C. The van der Waals surface area contributed by atoms with Crippen molar-refractivity contribution >= 4 is 23.1 Å². The molecule has 0 spiro atoms. The van der Waals surface area contributed by atoms with E-state index in [1.54, 1.807) is 22.4 Å². The van der Waals surface area contributed by atoms with Crippen LogP contribution in [0.4, 0.5) is 0 Å². The highest BCUT2D eigenvalue weighted by Gasteiger charge is 2.46. The van der Waals surface area contributed by atoms with E-state index in [0.717, 1.165) is 12.0 Å². The molecule has 1 fully saturated rings. The van der Waals surface area contributed by atoms with Gasteiger partial charge in [0.05, 0.1) is 30.5 Å². The van der Waals surface area contributed by atoms with E-state index in [1.807, 2.05) is 73.7 Å². The highest BCUT2D eigenvalue weighted by atomic mass is 16.5. The van der Waals surface area contributed by atoms with Crippen LogP contribution in [0.3, 0.4) is 0 Å². The normalized spacial score (nSPS) is 16.5. The van der Waals surface area contributed by atoms with Gasteiger partial charge in [-0.25, -0.2) is 4.98 Å². The Bertz CT molecular complexity index is 1620. The maximum atomic E-state index is 13.7. The predicted octanol–water partition coefficient (Wildman–Crippen LogP) is 6.13. The Balaban J connectivity index is 1.62. The van der Waals surface area contributed by atoms with Crippen molar-refractivity contribution < 1.29 is 24.2 Å². The molecule has 218 valence electrons. The Morgan fingerprint density at radius 1 is 1.00 bits per heavy atom. The fraction of sp³-hybridized carbons (Fsp3) is 0.324. The van der Waals surface area contributed by atoms with Gasteiger partial charge in [0.2, 0.25) is 0 Å². The lowest BCUT2D eigenvalue weighted by Crippen LogP contribution is -2.31. The van der Waals surface area contributed by atoms with Crippen molar-refractivity contribution in [1.82, 2.24) is 14.3 Å². The molecule has 8 heteroatoms. The van der Waals surface area contributed by atoms with Crippen LogP contribution in [0.5, 0.6) is 11.5 Å². The molecule has 1 unspecified atom stereocenters. The lowest BCUT2D eigenvalue weighted by molar-refractivity contribution is -0.139. The molecule has 1 saturated heterocycles. The number of ketones is 1. The van der Waals surface area contributed by atoms with Gasteiger partial charge in [0, 0.05) is 12.7 Å². The molecule has 2 aromatic carbocycles. The minimum absolute atomic E-state index is 0.0257. The highest BCUT2D eigenvalue weighted by molar-refractivity contribution is 6.46. The maximum Gasteiger partial charge on any atom is 0.295 e. The molecule has 0 bridgehead atoms. The lowest BCUT2D eigenvalue weighted by atomic mass is 9.95. The summed E-state index contributed by atoms with van der Waals surface area (Å²) in [6.07, 6.45) is 3.22. The van der Waals surface area contributed by atoms with Crippen molar-refractivity contribution in [3.05, 3.63) is 101 Å².